The number of halogens is 1. The molecule has 0 unspecified atom stereocenters. The summed E-state index contributed by atoms with van der Waals surface area (Å²) in [6.45, 7) is 2.45. The quantitative estimate of drug-likeness (QED) is 0.861. The molecule has 0 saturated heterocycles. The second kappa shape index (κ2) is 5.92. The summed E-state index contributed by atoms with van der Waals surface area (Å²) < 4.78 is 19.2. The fourth-order valence-corrected chi connectivity index (χ4v) is 2.97. The van der Waals surface area contributed by atoms with Crippen molar-refractivity contribution < 1.29 is 13.9 Å². The molecule has 1 fully saturated rings. The van der Waals surface area contributed by atoms with Gasteiger partial charge >= 0.3 is 0 Å². The molecule has 2 N–H and O–H groups in total. The number of methoxy groups -OCH3 is 1. The zero-order valence-corrected chi connectivity index (χ0v) is 12.1. The van der Waals surface area contributed by atoms with E-state index in [4.69, 9.17) is 10.5 Å². The SMILES string of the molecule is COc1cccc(C(=O)C2(CN)CCC(C)CC2)c1F. The summed E-state index contributed by atoms with van der Waals surface area (Å²) in [6, 6.07) is 4.69. The average molecular weight is 279 g/mol. The standard InChI is InChI=1S/C16H22FNO2/c1-11-6-8-16(10-18,9-7-11)15(19)12-4-3-5-13(20-2)14(12)17/h3-5,11H,6-10,18H2,1-2H3. The lowest BCUT2D eigenvalue weighted by Gasteiger charge is -2.37. The van der Waals surface area contributed by atoms with Crippen molar-refractivity contribution in [2.75, 3.05) is 13.7 Å². The van der Waals surface area contributed by atoms with E-state index < -0.39 is 11.2 Å². The number of nitrogens with two attached hydrogens (primary N) is 1. The zero-order valence-electron chi connectivity index (χ0n) is 12.1. The van der Waals surface area contributed by atoms with E-state index in [1.807, 2.05) is 0 Å². The van der Waals surface area contributed by atoms with Crippen LogP contribution in [0.5, 0.6) is 5.75 Å². The third-order valence-electron chi connectivity index (χ3n) is 4.53. The summed E-state index contributed by atoms with van der Waals surface area (Å²) >= 11 is 0. The van der Waals surface area contributed by atoms with Crippen LogP contribution in [0.3, 0.4) is 0 Å². The van der Waals surface area contributed by atoms with Crippen molar-refractivity contribution in [3.8, 4) is 5.75 Å². The van der Waals surface area contributed by atoms with Crippen LogP contribution in [0.15, 0.2) is 18.2 Å². The Morgan fingerprint density at radius 1 is 1.45 bits per heavy atom. The van der Waals surface area contributed by atoms with Gasteiger partial charge in [-0.15, -0.1) is 0 Å². The molecule has 3 nitrogen and oxygen atoms in total. The molecule has 4 heteroatoms. The van der Waals surface area contributed by atoms with E-state index >= 15 is 0 Å². The lowest BCUT2D eigenvalue weighted by atomic mass is 9.67. The first-order valence-electron chi connectivity index (χ1n) is 7.11. The number of ether oxygens (including phenoxy) is 1. The molecule has 1 saturated carbocycles. The summed E-state index contributed by atoms with van der Waals surface area (Å²) in [5.74, 6) is -0.0421. The van der Waals surface area contributed by atoms with Crippen LogP contribution in [0, 0.1) is 17.2 Å². The van der Waals surface area contributed by atoms with Gasteiger partial charge in [-0.1, -0.05) is 13.0 Å². The molecule has 2 rings (SSSR count). The van der Waals surface area contributed by atoms with Crippen molar-refractivity contribution in [2.45, 2.75) is 32.6 Å². The third kappa shape index (κ3) is 2.57. The molecule has 110 valence electrons. The summed E-state index contributed by atoms with van der Waals surface area (Å²) in [4.78, 5) is 12.8. The fourth-order valence-electron chi connectivity index (χ4n) is 2.97. The van der Waals surface area contributed by atoms with E-state index in [1.165, 1.54) is 19.2 Å². The minimum atomic E-state index is -0.611. The predicted molar refractivity (Wildman–Crippen MR) is 76.4 cm³/mol. The number of hydrogen-bond donors (Lipinski definition) is 1. The number of Topliss-reactive ketones (excluding diaryl/α,β-unsaturated/α-hetero) is 1. The number of ketones is 1. The molecule has 0 aliphatic heterocycles. The molecule has 1 aromatic rings. The van der Waals surface area contributed by atoms with E-state index in [0.29, 0.717) is 5.92 Å². The van der Waals surface area contributed by atoms with E-state index in [9.17, 15) is 9.18 Å². The molecule has 0 atom stereocenters. The Balaban J connectivity index is 2.34. The second-order valence-corrected chi connectivity index (χ2v) is 5.82. The number of rotatable bonds is 4. The van der Waals surface area contributed by atoms with Gasteiger partial charge in [0.25, 0.3) is 0 Å². The molecule has 0 heterocycles. The topological polar surface area (TPSA) is 52.3 Å². The highest BCUT2D eigenvalue weighted by atomic mass is 19.1. The van der Waals surface area contributed by atoms with Crippen molar-refractivity contribution in [2.24, 2.45) is 17.1 Å². The van der Waals surface area contributed by atoms with Crippen LogP contribution < -0.4 is 10.5 Å². The predicted octanol–water partition coefficient (Wildman–Crippen LogP) is 3.17. The highest BCUT2D eigenvalue weighted by Gasteiger charge is 2.41. The maximum atomic E-state index is 14.3. The Labute approximate surface area is 119 Å². The van der Waals surface area contributed by atoms with Gasteiger partial charge in [-0.2, -0.15) is 0 Å². The smallest absolute Gasteiger partial charge is 0.175 e. The molecule has 0 aromatic heterocycles. The van der Waals surface area contributed by atoms with Crippen LogP contribution in [0.4, 0.5) is 4.39 Å². The van der Waals surface area contributed by atoms with Crippen LogP contribution in [-0.4, -0.2) is 19.4 Å². The average Bonchev–Trinajstić information content (AvgIpc) is 2.48. The van der Waals surface area contributed by atoms with Gasteiger partial charge < -0.3 is 10.5 Å². The number of carbonyl (C=O) groups excluding carboxylic acids is 1. The number of carbonyl (C=O) groups is 1. The van der Waals surface area contributed by atoms with Crippen molar-refractivity contribution in [3.05, 3.63) is 29.6 Å². The monoisotopic (exact) mass is 279 g/mol. The summed E-state index contributed by atoms with van der Waals surface area (Å²) in [6.07, 6.45) is 3.41. The first-order chi connectivity index (χ1) is 9.54. The summed E-state index contributed by atoms with van der Waals surface area (Å²) in [5.41, 5.74) is 5.36. The van der Waals surface area contributed by atoms with E-state index in [0.717, 1.165) is 25.7 Å². The van der Waals surface area contributed by atoms with Crippen molar-refractivity contribution >= 4 is 5.78 Å². The molecule has 0 amide bonds. The van der Waals surface area contributed by atoms with Crippen LogP contribution in [0.25, 0.3) is 0 Å². The van der Waals surface area contributed by atoms with Gasteiger partial charge in [0.15, 0.2) is 17.3 Å². The molecule has 0 bridgehead atoms. The highest BCUT2D eigenvalue weighted by molar-refractivity contribution is 6.01. The van der Waals surface area contributed by atoms with Crippen LogP contribution >= 0.6 is 0 Å². The second-order valence-electron chi connectivity index (χ2n) is 5.82. The molecular formula is C16H22FNO2. The Morgan fingerprint density at radius 2 is 2.10 bits per heavy atom. The van der Waals surface area contributed by atoms with Gasteiger partial charge in [-0.05, 0) is 43.7 Å². The van der Waals surface area contributed by atoms with Crippen LogP contribution in [0.1, 0.15) is 43.0 Å². The first kappa shape index (κ1) is 15.0. The highest BCUT2D eigenvalue weighted by Crippen LogP contribution is 2.41. The van der Waals surface area contributed by atoms with Gasteiger partial charge in [0.05, 0.1) is 12.7 Å². The Kier molecular flexibility index (Phi) is 4.43. The third-order valence-corrected chi connectivity index (χ3v) is 4.53. The molecule has 0 radical (unpaired) electrons. The largest absolute Gasteiger partial charge is 0.494 e. The number of hydrogen-bond acceptors (Lipinski definition) is 3. The minimum Gasteiger partial charge on any atom is -0.494 e. The van der Waals surface area contributed by atoms with Gasteiger partial charge in [-0.3, -0.25) is 4.79 Å². The first-order valence-corrected chi connectivity index (χ1v) is 7.11. The Bertz CT molecular complexity index is 493. The van der Waals surface area contributed by atoms with Gasteiger partial charge in [0.1, 0.15) is 0 Å². The maximum absolute atomic E-state index is 14.3. The lowest BCUT2D eigenvalue weighted by Crippen LogP contribution is -2.42. The van der Waals surface area contributed by atoms with E-state index in [-0.39, 0.29) is 23.6 Å². The molecular weight excluding hydrogens is 257 g/mol. The summed E-state index contributed by atoms with van der Waals surface area (Å²) in [5, 5.41) is 0. The zero-order chi connectivity index (χ0) is 14.8. The minimum absolute atomic E-state index is 0.101. The van der Waals surface area contributed by atoms with Crippen molar-refractivity contribution in [1.29, 1.82) is 0 Å². The van der Waals surface area contributed by atoms with Crippen molar-refractivity contribution in [3.63, 3.8) is 0 Å². The van der Waals surface area contributed by atoms with Gasteiger partial charge in [0.2, 0.25) is 0 Å². The Hall–Kier alpha value is -1.42. The Morgan fingerprint density at radius 3 is 2.65 bits per heavy atom. The maximum Gasteiger partial charge on any atom is 0.175 e. The normalized spacial score (nSPS) is 26.3. The van der Waals surface area contributed by atoms with Crippen molar-refractivity contribution in [1.82, 2.24) is 0 Å². The molecule has 1 aromatic carbocycles. The molecule has 1 aliphatic carbocycles. The lowest BCUT2D eigenvalue weighted by molar-refractivity contribution is 0.0690. The van der Waals surface area contributed by atoms with Gasteiger partial charge in [0, 0.05) is 12.0 Å². The van der Waals surface area contributed by atoms with E-state index in [2.05, 4.69) is 6.92 Å². The van der Waals surface area contributed by atoms with Crippen LogP contribution in [0.2, 0.25) is 0 Å². The van der Waals surface area contributed by atoms with Gasteiger partial charge in [-0.25, -0.2) is 4.39 Å². The van der Waals surface area contributed by atoms with Crippen LogP contribution in [-0.2, 0) is 0 Å². The molecule has 0 spiro atoms. The summed E-state index contributed by atoms with van der Waals surface area (Å²) in [7, 11) is 1.40. The molecule has 20 heavy (non-hydrogen) atoms. The fraction of sp³-hybridized carbons (Fsp3) is 0.562. The molecule has 1 aliphatic rings. The van der Waals surface area contributed by atoms with E-state index in [1.54, 1.807) is 6.07 Å². The number of benzene rings is 1.